The van der Waals surface area contributed by atoms with Crippen LogP contribution in [0.3, 0.4) is 0 Å². The van der Waals surface area contributed by atoms with Crippen molar-refractivity contribution >= 4 is 43.5 Å². The molecule has 6 unspecified atom stereocenters. The zero-order chi connectivity index (χ0) is 31.8. The van der Waals surface area contributed by atoms with Crippen LogP contribution in [0.15, 0.2) is 128 Å². The van der Waals surface area contributed by atoms with E-state index in [2.05, 4.69) is 119 Å². The summed E-state index contributed by atoms with van der Waals surface area (Å²) >= 11 is 0. The maximum absolute atomic E-state index is 5.05. The summed E-state index contributed by atoms with van der Waals surface area (Å²) in [6.45, 7) is 0. The molecular weight excluding hydrogens is 595 g/mol. The number of nitrogens with zero attached hydrogens (tertiary/aromatic N) is 3. The van der Waals surface area contributed by atoms with E-state index >= 15 is 0 Å². The summed E-state index contributed by atoms with van der Waals surface area (Å²) in [6.07, 6.45) is 9.77. The van der Waals surface area contributed by atoms with Crippen molar-refractivity contribution in [2.24, 2.45) is 29.6 Å². The monoisotopic (exact) mass is 629 g/mol. The molecule has 8 aromatic rings. The number of hydrogen-bond acceptors (Lipinski definition) is 2. The van der Waals surface area contributed by atoms with Gasteiger partial charge in [-0.1, -0.05) is 84.9 Å². The molecule has 49 heavy (non-hydrogen) atoms. The van der Waals surface area contributed by atoms with Gasteiger partial charge in [0.1, 0.15) is 5.82 Å². The first-order valence-corrected chi connectivity index (χ1v) is 18.2. The molecule has 4 bridgehead atoms. The van der Waals surface area contributed by atoms with Gasteiger partial charge in [0.05, 0.1) is 16.6 Å². The van der Waals surface area contributed by atoms with Crippen LogP contribution in [-0.4, -0.2) is 14.5 Å². The number of benzene rings is 5. The Morgan fingerprint density at radius 1 is 0.571 bits per heavy atom. The third kappa shape index (κ3) is 3.58. The molecule has 3 heterocycles. The van der Waals surface area contributed by atoms with Crippen molar-refractivity contribution in [1.29, 1.82) is 0 Å². The van der Waals surface area contributed by atoms with E-state index in [0.717, 1.165) is 57.1 Å². The van der Waals surface area contributed by atoms with Gasteiger partial charge in [-0.15, -0.1) is 0 Å². The summed E-state index contributed by atoms with van der Waals surface area (Å²) in [5, 5.41) is 5.89. The fourth-order valence-electron chi connectivity index (χ4n) is 11.5. The Hall–Kier alpha value is -5.28. The predicted molar refractivity (Wildman–Crippen MR) is 200 cm³/mol. The highest BCUT2D eigenvalue weighted by atomic mass is 15.1. The lowest BCUT2D eigenvalue weighted by Crippen LogP contribution is -2.28. The topological polar surface area (TPSA) is 30.7 Å². The van der Waals surface area contributed by atoms with E-state index in [9.17, 15) is 0 Å². The van der Waals surface area contributed by atoms with Crippen LogP contribution in [-0.2, 0) is 0 Å². The largest absolute Gasteiger partial charge is 0.294 e. The summed E-state index contributed by atoms with van der Waals surface area (Å²) in [5.41, 5.74) is 12.1. The molecule has 0 saturated heterocycles. The second-order valence-electron chi connectivity index (χ2n) is 15.4. The lowest BCUT2D eigenvalue weighted by molar-refractivity contribution is 0.181. The minimum Gasteiger partial charge on any atom is -0.294 e. The third-order valence-electron chi connectivity index (χ3n) is 13.2. The smallest absolute Gasteiger partial charge is 0.138 e. The number of pyridine rings is 2. The van der Waals surface area contributed by atoms with Crippen molar-refractivity contribution in [1.82, 2.24) is 14.5 Å². The summed E-state index contributed by atoms with van der Waals surface area (Å²) in [7, 11) is 0. The lowest BCUT2D eigenvalue weighted by atomic mass is 9.67. The maximum Gasteiger partial charge on any atom is 0.138 e. The standard InChI is InChI=1S/C46H35N3/c1-2-10-35-34(9-1)44-32(11-5-12-36(44)45(35)43-31-20-26-19-30(22-31)37(43)21-26)28-16-17-41-38(23-28)33-8-3-4-13-40(33)49(41)42-24-29-15-14-27-7-6-18-47-46(27)39(29)25-48-42/h1-18,23-26,30-31,37,43,45H,19-22H2. The van der Waals surface area contributed by atoms with Gasteiger partial charge >= 0.3 is 0 Å². The second-order valence-corrected chi connectivity index (χ2v) is 15.4. The van der Waals surface area contributed by atoms with Gasteiger partial charge in [-0.3, -0.25) is 9.55 Å². The fraction of sp³-hybridized carbons (Fsp3) is 0.217. The lowest BCUT2D eigenvalue weighted by Gasteiger charge is -2.37. The minimum atomic E-state index is 0.530. The molecule has 13 rings (SSSR count). The van der Waals surface area contributed by atoms with Crippen LogP contribution in [0.5, 0.6) is 0 Å². The zero-order valence-corrected chi connectivity index (χ0v) is 27.3. The molecule has 0 amide bonds. The molecule has 5 aromatic carbocycles. The van der Waals surface area contributed by atoms with Gasteiger partial charge in [0, 0.05) is 39.9 Å². The summed E-state index contributed by atoms with van der Waals surface area (Å²) in [4.78, 5) is 9.73. The highest BCUT2D eigenvalue weighted by Crippen LogP contribution is 2.67. The van der Waals surface area contributed by atoms with Crippen LogP contribution >= 0.6 is 0 Å². The van der Waals surface area contributed by atoms with Gasteiger partial charge in [0.25, 0.3) is 0 Å². The molecule has 5 aliphatic carbocycles. The Balaban J connectivity index is 1.03. The Bertz CT molecular complexity index is 2680. The average molecular weight is 630 g/mol. The van der Waals surface area contributed by atoms with Crippen molar-refractivity contribution in [3.8, 4) is 28.1 Å². The molecular formula is C46H35N3. The molecule has 6 atom stereocenters. The molecule has 3 heteroatoms. The van der Waals surface area contributed by atoms with Crippen molar-refractivity contribution in [3.63, 3.8) is 0 Å². The summed E-state index contributed by atoms with van der Waals surface area (Å²) in [5.74, 6) is 6.05. The molecule has 0 spiro atoms. The molecule has 0 aliphatic heterocycles. The molecule has 5 aliphatic rings. The minimum absolute atomic E-state index is 0.530. The maximum atomic E-state index is 5.05. The van der Waals surface area contributed by atoms with Crippen molar-refractivity contribution in [2.45, 2.75) is 31.6 Å². The van der Waals surface area contributed by atoms with Crippen LogP contribution in [0, 0.1) is 29.6 Å². The Morgan fingerprint density at radius 2 is 1.41 bits per heavy atom. The second kappa shape index (κ2) is 9.66. The molecule has 0 radical (unpaired) electrons. The zero-order valence-electron chi connectivity index (χ0n) is 27.3. The Morgan fingerprint density at radius 3 is 2.39 bits per heavy atom. The van der Waals surface area contributed by atoms with Crippen molar-refractivity contribution < 1.29 is 0 Å². The average Bonchev–Trinajstić information content (AvgIpc) is 3.83. The summed E-state index contributed by atoms with van der Waals surface area (Å²) < 4.78 is 2.33. The van der Waals surface area contributed by atoms with E-state index in [-0.39, 0.29) is 0 Å². The predicted octanol–water partition coefficient (Wildman–Crippen LogP) is 11.3. The number of hydrogen-bond donors (Lipinski definition) is 0. The molecule has 4 fully saturated rings. The summed E-state index contributed by atoms with van der Waals surface area (Å²) in [6, 6.07) is 43.1. The molecule has 4 saturated carbocycles. The number of para-hydroxylation sites is 1. The van der Waals surface area contributed by atoms with Gasteiger partial charge in [-0.05, 0) is 124 Å². The molecule has 3 nitrogen and oxygen atoms in total. The van der Waals surface area contributed by atoms with Gasteiger partial charge < -0.3 is 0 Å². The quantitative estimate of drug-likeness (QED) is 0.182. The fourth-order valence-corrected chi connectivity index (χ4v) is 11.5. The third-order valence-corrected chi connectivity index (χ3v) is 13.2. The first-order valence-electron chi connectivity index (χ1n) is 18.2. The van der Waals surface area contributed by atoms with Crippen LogP contribution in [0.1, 0.15) is 42.7 Å². The molecule has 3 aromatic heterocycles. The van der Waals surface area contributed by atoms with Crippen molar-refractivity contribution in [3.05, 3.63) is 139 Å². The van der Waals surface area contributed by atoms with Gasteiger partial charge in [0.15, 0.2) is 0 Å². The van der Waals surface area contributed by atoms with E-state index in [1.165, 1.54) is 69.7 Å². The first-order chi connectivity index (χ1) is 24.3. The van der Waals surface area contributed by atoms with Crippen LogP contribution < -0.4 is 0 Å². The molecule has 0 N–H and O–H groups in total. The van der Waals surface area contributed by atoms with E-state index in [1.807, 2.05) is 18.5 Å². The SMILES string of the molecule is c1ccc2c(c1)-c1c(-c3ccc4c(c3)c3ccccc3n4-c3cc4ccc5cccnc5c4cn3)cccc1C2C1C2CC3CC(C2)C1C3. The highest BCUT2D eigenvalue weighted by molar-refractivity contribution is 6.11. The Labute approximate surface area is 285 Å². The van der Waals surface area contributed by atoms with Gasteiger partial charge in [0.2, 0.25) is 0 Å². The van der Waals surface area contributed by atoms with Gasteiger partial charge in [-0.25, -0.2) is 4.98 Å². The Kier molecular flexibility index (Phi) is 5.26. The van der Waals surface area contributed by atoms with Crippen molar-refractivity contribution in [2.75, 3.05) is 0 Å². The van der Waals surface area contributed by atoms with Crippen LogP contribution in [0.4, 0.5) is 0 Å². The van der Waals surface area contributed by atoms with E-state index in [1.54, 1.807) is 11.1 Å². The number of aromatic nitrogens is 3. The highest BCUT2D eigenvalue weighted by Gasteiger charge is 2.57. The first kappa shape index (κ1) is 26.6. The van der Waals surface area contributed by atoms with Crippen LogP contribution in [0.25, 0.3) is 71.6 Å². The van der Waals surface area contributed by atoms with Gasteiger partial charge in [-0.2, -0.15) is 0 Å². The van der Waals surface area contributed by atoms with E-state index < -0.39 is 0 Å². The van der Waals surface area contributed by atoms with Crippen LogP contribution in [0.2, 0.25) is 0 Å². The normalized spacial score (nSPS) is 24.8. The molecule has 234 valence electrons. The van der Waals surface area contributed by atoms with E-state index in [0.29, 0.717) is 5.92 Å². The van der Waals surface area contributed by atoms with E-state index in [4.69, 9.17) is 4.98 Å². The number of rotatable bonds is 3. The number of fused-ring (bicyclic) bond motifs is 9.